The second-order valence-electron chi connectivity index (χ2n) is 10.5. The molecule has 0 spiro atoms. The largest absolute Gasteiger partial charge is 0.353 e. The lowest BCUT2D eigenvalue weighted by molar-refractivity contribution is -0.137. The summed E-state index contributed by atoms with van der Waals surface area (Å²) in [7, 11) is 0. The number of carbonyl (C=O) groups is 1. The van der Waals surface area contributed by atoms with Crippen LogP contribution in [0.25, 0.3) is 0 Å². The predicted octanol–water partition coefficient (Wildman–Crippen LogP) is 5.40. The van der Waals surface area contributed by atoms with Gasteiger partial charge in [-0.1, -0.05) is 43.7 Å². The Kier molecular flexibility index (Phi) is 6.79. The molecule has 3 aliphatic rings. The number of alkyl halides is 1. The molecule has 4 unspecified atom stereocenters. The van der Waals surface area contributed by atoms with E-state index >= 15 is 0 Å². The van der Waals surface area contributed by atoms with E-state index in [2.05, 4.69) is 42.6 Å². The highest BCUT2D eigenvalue weighted by atomic mass is 35.5. The summed E-state index contributed by atoms with van der Waals surface area (Å²) in [5.74, 6) is 2.65. The van der Waals surface area contributed by atoms with Crippen LogP contribution in [0.3, 0.4) is 0 Å². The summed E-state index contributed by atoms with van der Waals surface area (Å²) in [5, 5.41) is 3.53. The first-order valence-electron chi connectivity index (χ1n) is 12.2. The molecule has 3 N–H and O–H groups in total. The van der Waals surface area contributed by atoms with E-state index < -0.39 is 0 Å². The van der Waals surface area contributed by atoms with Crippen LogP contribution in [0.2, 0.25) is 0 Å². The van der Waals surface area contributed by atoms with Gasteiger partial charge in [-0.15, -0.1) is 11.6 Å². The molecular formula is C26H39ClN2O. The van der Waals surface area contributed by atoms with E-state index in [9.17, 15) is 4.79 Å². The summed E-state index contributed by atoms with van der Waals surface area (Å²) < 4.78 is 0. The maximum atomic E-state index is 13.9. The van der Waals surface area contributed by atoms with Gasteiger partial charge in [-0.3, -0.25) is 4.79 Å². The molecule has 166 valence electrons. The molecular weight excluding hydrogens is 392 g/mol. The lowest BCUT2D eigenvalue weighted by Gasteiger charge is -2.45. The van der Waals surface area contributed by atoms with Crippen LogP contribution in [0.1, 0.15) is 76.7 Å². The first kappa shape index (κ1) is 22.1. The number of hydrogen-bond donors (Lipinski definition) is 2. The van der Waals surface area contributed by atoms with Crippen molar-refractivity contribution in [3.05, 3.63) is 35.9 Å². The third kappa shape index (κ3) is 4.05. The van der Waals surface area contributed by atoms with Crippen molar-refractivity contribution < 1.29 is 4.79 Å². The van der Waals surface area contributed by atoms with Crippen molar-refractivity contribution in [1.29, 1.82) is 0 Å². The topological polar surface area (TPSA) is 55.1 Å². The molecule has 4 heteroatoms. The van der Waals surface area contributed by atoms with Gasteiger partial charge in [0.1, 0.15) is 0 Å². The van der Waals surface area contributed by atoms with Gasteiger partial charge in [0.25, 0.3) is 0 Å². The zero-order valence-electron chi connectivity index (χ0n) is 18.5. The molecule has 2 bridgehead atoms. The molecule has 0 saturated heterocycles. The Morgan fingerprint density at radius 3 is 2.47 bits per heavy atom. The van der Waals surface area contributed by atoms with Gasteiger partial charge in [-0.05, 0) is 93.1 Å². The zero-order chi connectivity index (χ0) is 21.2. The van der Waals surface area contributed by atoms with E-state index in [0.29, 0.717) is 35.6 Å². The summed E-state index contributed by atoms with van der Waals surface area (Å²) in [5.41, 5.74) is 7.20. The first-order chi connectivity index (χ1) is 14.5. The first-order valence-corrected chi connectivity index (χ1v) is 12.7. The summed E-state index contributed by atoms with van der Waals surface area (Å²) in [6.07, 6.45) is 10.9. The lowest BCUT2D eigenvalue weighted by atomic mass is 9.60. The summed E-state index contributed by atoms with van der Waals surface area (Å²) in [6.45, 7) is 3.06. The Balaban J connectivity index is 1.60. The Morgan fingerprint density at radius 2 is 1.83 bits per heavy atom. The van der Waals surface area contributed by atoms with E-state index in [1.165, 1.54) is 12.0 Å². The van der Waals surface area contributed by atoms with Crippen LogP contribution in [-0.4, -0.2) is 24.4 Å². The molecule has 3 aliphatic carbocycles. The molecule has 0 heterocycles. The maximum absolute atomic E-state index is 13.9. The number of hydrogen-bond acceptors (Lipinski definition) is 2. The van der Waals surface area contributed by atoms with Gasteiger partial charge in [0.2, 0.25) is 5.91 Å². The number of nitrogens with one attached hydrogen (secondary N) is 1. The van der Waals surface area contributed by atoms with Crippen molar-refractivity contribution in [2.24, 2.45) is 28.9 Å². The van der Waals surface area contributed by atoms with E-state index in [-0.39, 0.29) is 10.8 Å². The Bertz CT molecular complexity index is 717. The van der Waals surface area contributed by atoms with Gasteiger partial charge in [0.15, 0.2) is 0 Å². The van der Waals surface area contributed by atoms with Crippen molar-refractivity contribution in [2.45, 2.75) is 82.6 Å². The molecule has 1 aromatic rings. The Morgan fingerprint density at radius 1 is 1.10 bits per heavy atom. The molecule has 3 fully saturated rings. The van der Waals surface area contributed by atoms with Gasteiger partial charge < -0.3 is 11.1 Å². The number of fused-ring (bicyclic) bond motifs is 2. The molecule has 4 rings (SSSR count). The van der Waals surface area contributed by atoms with Crippen molar-refractivity contribution in [3.63, 3.8) is 0 Å². The standard InChI is InChI=1S/C26H39ClN2O/c1-2-21-16-25(22-6-4-3-5-7-22)14-20(12-13-27)15-26(21,18-25)24(30)29-23-10-8-19(17-28)9-11-23/h3-7,19-21,23H,2,8-18,28H2,1H3,(H,29,30). The minimum atomic E-state index is -0.232. The van der Waals surface area contributed by atoms with Crippen molar-refractivity contribution >= 4 is 17.5 Å². The van der Waals surface area contributed by atoms with E-state index in [1.54, 1.807) is 0 Å². The van der Waals surface area contributed by atoms with E-state index in [1.807, 2.05) is 0 Å². The van der Waals surface area contributed by atoms with Gasteiger partial charge in [0.05, 0.1) is 5.41 Å². The molecule has 3 saturated carbocycles. The third-order valence-electron chi connectivity index (χ3n) is 8.77. The highest BCUT2D eigenvalue weighted by molar-refractivity contribution is 6.17. The van der Waals surface area contributed by atoms with Gasteiger partial charge in [-0.2, -0.15) is 0 Å². The van der Waals surface area contributed by atoms with E-state index in [4.69, 9.17) is 17.3 Å². The maximum Gasteiger partial charge on any atom is 0.226 e. The summed E-state index contributed by atoms with van der Waals surface area (Å²) in [4.78, 5) is 13.9. The fraction of sp³-hybridized carbons (Fsp3) is 0.731. The van der Waals surface area contributed by atoms with Gasteiger partial charge in [0, 0.05) is 11.9 Å². The number of carbonyl (C=O) groups excluding carboxylic acids is 1. The monoisotopic (exact) mass is 430 g/mol. The van der Waals surface area contributed by atoms with Crippen LogP contribution in [0.4, 0.5) is 0 Å². The molecule has 0 radical (unpaired) electrons. The van der Waals surface area contributed by atoms with Crippen LogP contribution in [0.15, 0.2) is 30.3 Å². The summed E-state index contributed by atoms with van der Waals surface area (Å²) >= 11 is 6.21. The number of benzene rings is 1. The van der Waals surface area contributed by atoms with Crippen LogP contribution in [0, 0.1) is 23.2 Å². The second-order valence-corrected chi connectivity index (χ2v) is 10.8. The van der Waals surface area contributed by atoms with Gasteiger partial charge in [-0.25, -0.2) is 0 Å². The van der Waals surface area contributed by atoms with Crippen LogP contribution < -0.4 is 11.1 Å². The fourth-order valence-electron chi connectivity index (χ4n) is 7.27. The van der Waals surface area contributed by atoms with Gasteiger partial charge >= 0.3 is 0 Å². The number of rotatable bonds is 7. The summed E-state index contributed by atoms with van der Waals surface area (Å²) in [6, 6.07) is 11.3. The van der Waals surface area contributed by atoms with Crippen LogP contribution in [-0.2, 0) is 10.2 Å². The highest BCUT2D eigenvalue weighted by Crippen LogP contribution is 2.65. The molecule has 1 aromatic carbocycles. The minimum Gasteiger partial charge on any atom is -0.353 e. The number of amides is 1. The Hall–Kier alpha value is -1.06. The van der Waals surface area contributed by atoms with Crippen molar-refractivity contribution in [3.8, 4) is 0 Å². The Labute approximate surface area is 187 Å². The molecule has 0 aliphatic heterocycles. The zero-order valence-corrected chi connectivity index (χ0v) is 19.3. The average molecular weight is 431 g/mol. The van der Waals surface area contributed by atoms with E-state index in [0.717, 1.165) is 64.3 Å². The molecule has 30 heavy (non-hydrogen) atoms. The normalized spacial score (nSPS) is 38.4. The minimum absolute atomic E-state index is 0.130. The number of halogens is 1. The smallest absolute Gasteiger partial charge is 0.226 e. The van der Waals surface area contributed by atoms with Crippen LogP contribution >= 0.6 is 11.6 Å². The van der Waals surface area contributed by atoms with Crippen molar-refractivity contribution in [2.75, 3.05) is 12.4 Å². The lowest BCUT2D eigenvalue weighted by Crippen LogP contribution is -2.51. The number of nitrogens with two attached hydrogens (primary N) is 1. The molecule has 1 amide bonds. The average Bonchev–Trinajstić information content (AvgIpc) is 3.03. The quantitative estimate of drug-likeness (QED) is 0.568. The highest BCUT2D eigenvalue weighted by Gasteiger charge is 2.62. The fourth-order valence-corrected chi connectivity index (χ4v) is 7.58. The second kappa shape index (κ2) is 9.20. The SMILES string of the molecule is CCC1CC2(c3ccccc3)CC(CCCl)CC1(C(=O)NC1CCC(CN)CC1)C2. The third-order valence-corrected chi connectivity index (χ3v) is 8.99. The molecule has 3 nitrogen and oxygen atoms in total. The van der Waals surface area contributed by atoms with Crippen molar-refractivity contribution in [1.82, 2.24) is 5.32 Å². The molecule has 4 atom stereocenters. The predicted molar refractivity (Wildman–Crippen MR) is 125 cm³/mol. The van der Waals surface area contributed by atoms with Crippen LogP contribution in [0.5, 0.6) is 0 Å². The molecule has 0 aromatic heterocycles.